The van der Waals surface area contributed by atoms with Crippen molar-refractivity contribution in [3.63, 3.8) is 0 Å². The summed E-state index contributed by atoms with van der Waals surface area (Å²) in [4.78, 5) is 21.2. The molecule has 0 aromatic carbocycles. The minimum Gasteiger partial charge on any atom is -0.340 e. The van der Waals surface area contributed by atoms with E-state index in [1.54, 1.807) is 0 Å². The van der Waals surface area contributed by atoms with E-state index in [2.05, 4.69) is 15.2 Å². The highest BCUT2D eigenvalue weighted by Crippen LogP contribution is 2.41. The number of thiazole rings is 1. The minimum atomic E-state index is 0.377. The third-order valence-electron chi connectivity index (χ3n) is 4.99. The molecule has 3 fully saturated rings. The van der Waals surface area contributed by atoms with Gasteiger partial charge in [-0.25, -0.2) is 4.98 Å². The van der Waals surface area contributed by atoms with Crippen molar-refractivity contribution < 1.29 is 4.79 Å². The molecule has 0 spiro atoms. The first-order valence-corrected chi connectivity index (χ1v) is 9.13. The van der Waals surface area contributed by atoms with Crippen molar-refractivity contribution in [2.45, 2.75) is 57.0 Å². The predicted molar refractivity (Wildman–Crippen MR) is 83.3 cm³/mol. The van der Waals surface area contributed by atoms with Crippen LogP contribution in [0.5, 0.6) is 0 Å². The molecule has 1 amide bonds. The molecule has 1 aliphatic carbocycles. The van der Waals surface area contributed by atoms with Gasteiger partial charge < -0.3 is 4.90 Å². The van der Waals surface area contributed by atoms with Gasteiger partial charge in [0.25, 0.3) is 0 Å². The molecular formula is C16H23N3OS. The summed E-state index contributed by atoms with van der Waals surface area (Å²) in [6.07, 6.45) is 6.76. The van der Waals surface area contributed by atoms with Crippen LogP contribution in [0.3, 0.4) is 0 Å². The van der Waals surface area contributed by atoms with E-state index in [0.29, 0.717) is 11.9 Å². The van der Waals surface area contributed by atoms with Crippen molar-refractivity contribution in [3.8, 4) is 0 Å². The van der Waals surface area contributed by atoms with Gasteiger partial charge in [0.05, 0.1) is 10.7 Å². The minimum absolute atomic E-state index is 0.377. The number of carbonyl (C=O) groups is 1. The van der Waals surface area contributed by atoms with Gasteiger partial charge in [0.2, 0.25) is 5.91 Å². The average Bonchev–Trinajstić information content (AvgIpc) is 3.10. The average molecular weight is 305 g/mol. The zero-order valence-electron chi connectivity index (χ0n) is 12.5. The first-order chi connectivity index (χ1) is 10.3. The van der Waals surface area contributed by atoms with E-state index >= 15 is 0 Å². The smallest absolute Gasteiger partial charge is 0.222 e. The number of likely N-dealkylation sites (tertiary alicyclic amines) is 2. The van der Waals surface area contributed by atoms with Gasteiger partial charge in [-0.3, -0.25) is 9.69 Å². The van der Waals surface area contributed by atoms with Crippen molar-refractivity contribution in [2.24, 2.45) is 0 Å². The van der Waals surface area contributed by atoms with Crippen LogP contribution in [0, 0.1) is 0 Å². The second-order valence-electron chi connectivity index (χ2n) is 6.65. The van der Waals surface area contributed by atoms with Crippen LogP contribution in [0.25, 0.3) is 0 Å². The Labute approximate surface area is 130 Å². The van der Waals surface area contributed by atoms with Gasteiger partial charge in [-0.2, -0.15) is 0 Å². The number of amides is 1. The number of aromatic nitrogens is 1. The largest absolute Gasteiger partial charge is 0.340 e. The molecule has 0 atom stereocenters. The zero-order chi connectivity index (χ0) is 14.2. The highest BCUT2D eigenvalue weighted by molar-refractivity contribution is 7.09. The summed E-state index contributed by atoms with van der Waals surface area (Å²) in [5.41, 5.74) is 1.25. The van der Waals surface area contributed by atoms with Gasteiger partial charge in [-0.05, 0) is 32.1 Å². The number of hydrogen-bond donors (Lipinski definition) is 0. The summed E-state index contributed by atoms with van der Waals surface area (Å²) in [5, 5.41) is 3.59. The molecule has 2 saturated heterocycles. The summed E-state index contributed by atoms with van der Waals surface area (Å²) in [7, 11) is 0. The van der Waals surface area contributed by atoms with Crippen LogP contribution in [0.1, 0.15) is 55.1 Å². The van der Waals surface area contributed by atoms with Crippen LogP contribution in [-0.4, -0.2) is 46.4 Å². The molecule has 3 heterocycles. The van der Waals surface area contributed by atoms with Crippen LogP contribution >= 0.6 is 11.3 Å². The Bertz CT molecular complexity index is 517. The molecule has 5 heteroatoms. The monoisotopic (exact) mass is 305 g/mol. The van der Waals surface area contributed by atoms with E-state index in [4.69, 9.17) is 4.98 Å². The third kappa shape index (κ3) is 2.99. The van der Waals surface area contributed by atoms with Crippen molar-refractivity contribution in [3.05, 3.63) is 16.1 Å². The van der Waals surface area contributed by atoms with Crippen LogP contribution in [0.2, 0.25) is 0 Å². The molecule has 3 aliphatic rings. The highest BCUT2D eigenvalue weighted by Gasteiger charge is 2.31. The number of nitrogens with zero attached hydrogens (tertiary/aromatic N) is 3. The van der Waals surface area contributed by atoms with E-state index in [1.807, 2.05) is 11.3 Å². The number of piperidine rings is 1. The van der Waals surface area contributed by atoms with Crippen molar-refractivity contribution in [1.29, 1.82) is 0 Å². The molecule has 0 unspecified atom stereocenters. The lowest BCUT2D eigenvalue weighted by atomic mass is 10.0. The second-order valence-corrected chi connectivity index (χ2v) is 7.54. The third-order valence-corrected chi connectivity index (χ3v) is 6.05. The fourth-order valence-electron chi connectivity index (χ4n) is 3.59. The first kappa shape index (κ1) is 13.7. The molecule has 2 aliphatic heterocycles. The molecule has 4 nitrogen and oxygen atoms in total. The molecule has 1 saturated carbocycles. The Morgan fingerprint density at radius 2 is 2.00 bits per heavy atom. The number of rotatable bonds is 4. The van der Waals surface area contributed by atoms with Crippen LogP contribution in [0.4, 0.5) is 0 Å². The maximum Gasteiger partial charge on any atom is 0.222 e. The van der Waals surface area contributed by atoms with Crippen LogP contribution in [0.15, 0.2) is 5.38 Å². The van der Waals surface area contributed by atoms with Crippen LogP contribution in [-0.2, 0) is 11.3 Å². The molecule has 0 radical (unpaired) electrons. The van der Waals surface area contributed by atoms with Crippen molar-refractivity contribution >= 4 is 17.2 Å². The van der Waals surface area contributed by atoms with E-state index < -0.39 is 0 Å². The lowest BCUT2D eigenvalue weighted by molar-refractivity contribution is -0.130. The Balaban J connectivity index is 1.29. The number of carbonyl (C=O) groups excluding carboxylic acids is 1. The first-order valence-electron chi connectivity index (χ1n) is 8.26. The SMILES string of the molecule is O=C1CCCN1C1CCN(Cc2csc(C3CC3)n2)CC1. The Kier molecular flexibility index (Phi) is 3.71. The lowest BCUT2D eigenvalue weighted by Crippen LogP contribution is -2.45. The summed E-state index contributed by atoms with van der Waals surface area (Å²) in [6.45, 7) is 4.18. The molecule has 21 heavy (non-hydrogen) atoms. The Hall–Kier alpha value is -0.940. The maximum absolute atomic E-state index is 11.8. The lowest BCUT2D eigenvalue weighted by Gasteiger charge is -2.36. The highest BCUT2D eigenvalue weighted by atomic mass is 32.1. The second kappa shape index (κ2) is 5.69. The van der Waals surface area contributed by atoms with E-state index in [-0.39, 0.29) is 0 Å². The summed E-state index contributed by atoms with van der Waals surface area (Å²) >= 11 is 1.84. The Morgan fingerprint density at radius 1 is 1.19 bits per heavy atom. The van der Waals surface area contributed by atoms with Crippen molar-refractivity contribution in [2.75, 3.05) is 19.6 Å². The molecule has 1 aromatic rings. The summed E-state index contributed by atoms with van der Waals surface area (Å²) in [6, 6.07) is 0.494. The number of hydrogen-bond acceptors (Lipinski definition) is 4. The van der Waals surface area contributed by atoms with Gasteiger partial charge in [0.1, 0.15) is 0 Å². The topological polar surface area (TPSA) is 36.4 Å². The van der Waals surface area contributed by atoms with Crippen molar-refractivity contribution in [1.82, 2.24) is 14.8 Å². The van der Waals surface area contributed by atoms with Gasteiger partial charge >= 0.3 is 0 Å². The summed E-state index contributed by atoms with van der Waals surface area (Å²) < 4.78 is 0. The van der Waals surface area contributed by atoms with Gasteiger partial charge in [-0.15, -0.1) is 11.3 Å². The molecule has 1 aromatic heterocycles. The van der Waals surface area contributed by atoms with E-state index in [1.165, 1.54) is 23.5 Å². The molecular weight excluding hydrogens is 282 g/mol. The summed E-state index contributed by atoms with van der Waals surface area (Å²) in [5.74, 6) is 1.15. The zero-order valence-corrected chi connectivity index (χ0v) is 13.3. The normalized spacial score (nSPS) is 25.0. The molecule has 4 rings (SSSR count). The quantitative estimate of drug-likeness (QED) is 0.858. The van der Waals surface area contributed by atoms with Gasteiger partial charge in [0, 0.05) is 49.9 Å². The predicted octanol–water partition coefficient (Wildman–Crippen LogP) is 2.61. The molecule has 0 N–H and O–H groups in total. The fourth-order valence-corrected chi connectivity index (χ4v) is 4.57. The molecule has 0 bridgehead atoms. The van der Waals surface area contributed by atoms with Crippen LogP contribution < -0.4 is 0 Å². The van der Waals surface area contributed by atoms with E-state index in [9.17, 15) is 4.79 Å². The standard InChI is InChI=1S/C16H23N3OS/c20-15-2-1-7-19(15)14-5-8-18(9-6-14)10-13-11-21-16(17-13)12-3-4-12/h11-12,14H,1-10H2. The van der Waals surface area contributed by atoms with Gasteiger partial charge in [0.15, 0.2) is 0 Å². The molecule has 114 valence electrons. The van der Waals surface area contributed by atoms with E-state index in [0.717, 1.165) is 57.8 Å². The van der Waals surface area contributed by atoms with Gasteiger partial charge in [-0.1, -0.05) is 0 Å². The Morgan fingerprint density at radius 3 is 2.67 bits per heavy atom. The fraction of sp³-hybridized carbons (Fsp3) is 0.750. The maximum atomic E-state index is 11.8.